The zero-order chi connectivity index (χ0) is 0. The van der Waals surface area contributed by atoms with Gasteiger partial charge in [0, 0.05) is 22.4 Å². The maximum absolute atomic E-state index is 0. The van der Waals surface area contributed by atoms with Crippen LogP contribution in [0.1, 0.15) is 0 Å². The van der Waals surface area contributed by atoms with Gasteiger partial charge in [0.2, 0.25) is 0 Å². The summed E-state index contributed by atoms with van der Waals surface area (Å²) in [6, 6.07) is 0. The molecule has 2 nitrogen and oxygen atoms in total. The van der Waals surface area contributed by atoms with Crippen LogP contribution in [-0.4, -0.2) is 13.9 Å². The molecule has 0 aliphatic carbocycles. The molecule has 0 aliphatic rings. The Kier molecular flexibility index (Phi) is 1640. The first-order valence-corrected chi connectivity index (χ1v) is 0. The third-order valence-electron chi connectivity index (χ3n) is 0. The van der Waals surface area contributed by atoms with Gasteiger partial charge < -0.3 is 11.6 Å². The van der Waals surface area contributed by atoms with Gasteiger partial charge >= 0.3 is 0 Å². The van der Waals surface area contributed by atoms with Crippen molar-refractivity contribution >= 4 is 8.41 Å². The summed E-state index contributed by atoms with van der Waals surface area (Å²) in [5, 5.41) is 0. The van der Waals surface area contributed by atoms with Gasteiger partial charge in [-0.15, -0.1) is 0 Å². The summed E-state index contributed by atoms with van der Waals surface area (Å²) in [6.45, 7) is 0. The fourth-order valence-electron chi connectivity index (χ4n) is 0. The molecular weight excluding hydrogens is 222 g/mol. The molecular formula is H8BNOTa. The molecule has 1 radical (unpaired) electrons. The van der Waals surface area contributed by atoms with Crippen LogP contribution in [0.3, 0.4) is 0 Å². The summed E-state index contributed by atoms with van der Waals surface area (Å²) >= 11 is 0. The van der Waals surface area contributed by atoms with Gasteiger partial charge in [0.05, 0.1) is 8.41 Å². The Bertz CT molecular complexity index is 8.00. The Labute approximate surface area is 42.9 Å². The van der Waals surface area contributed by atoms with Crippen molar-refractivity contribution in [2.24, 2.45) is 0 Å². The minimum absolute atomic E-state index is 0. The Balaban J connectivity index is 0. The van der Waals surface area contributed by atoms with Crippen molar-refractivity contribution in [3.05, 3.63) is 0 Å². The van der Waals surface area contributed by atoms with Gasteiger partial charge in [-0.05, 0) is 0 Å². The molecule has 0 heterocycles. The van der Waals surface area contributed by atoms with Crippen LogP contribution in [-0.2, 0) is 22.4 Å². The third-order valence-corrected chi connectivity index (χ3v) is 0. The smallest absolute Gasteiger partial charge is 0.0814 e. The molecule has 0 aliphatic heterocycles. The second-order valence-corrected chi connectivity index (χ2v) is 0. The van der Waals surface area contributed by atoms with Crippen LogP contribution in [0.5, 0.6) is 0 Å². The first kappa shape index (κ1) is 125. The molecule has 0 unspecified atom stereocenters. The third kappa shape index (κ3) is 15.4. The van der Waals surface area contributed by atoms with Crippen LogP contribution in [0.15, 0.2) is 0 Å². The van der Waals surface area contributed by atoms with E-state index in [9.17, 15) is 0 Å². The molecule has 0 bridgehead atoms. The van der Waals surface area contributed by atoms with Crippen LogP contribution in [0.4, 0.5) is 0 Å². The Hall–Kier alpha value is 0.725. The van der Waals surface area contributed by atoms with E-state index in [1.165, 1.54) is 0 Å². The fraction of sp³-hybridized carbons (Fsp3) is 0. The number of rotatable bonds is 0. The van der Waals surface area contributed by atoms with Gasteiger partial charge in [-0.1, -0.05) is 0 Å². The predicted molar refractivity (Wildman–Crippen MR) is 18.6 cm³/mol. The molecule has 0 aromatic rings. The fourth-order valence-corrected chi connectivity index (χ4v) is 0. The normalized spacial score (nSPS) is 0. The average Bonchev–Trinajstić information content (AvgIpc) is 0. The SMILES string of the molecule is B.N.O.[Ta]. The van der Waals surface area contributed by atoms with Crippen molar-refractivity contribution in [1.82, 2.24) is 6.15 Å². The van der Waals surface area contributed by atoms with Gasteiger partial charge in [0.15, 0.2) is 0 Å². The van der Waals surface area contributed by atoms with Crippen molar-refractivity contribution < 1.29 is 27.9 Å². The average molecular weight is 230 g/mol. The van der Waals surface area contributed by atoms with Crippen molar-refractivity contribution in [2.45, 2.75) is 0 Å². The van der Waals surface area contributed by atoms with E-state index >= 15 is 0 Å². The molecule has 0 spiro atoms. The largest absolute Gasteiger partial charge is 0.412 e. The Morgan fingerprint density at radius 2 is 1.00 bits per heavy atom. The van der Waals surface area contributed by atoms with Gasteiger partial charge in [0.1, 0.15) is 0 Å². The van der Waals surface area contributed by atoms with E-state index in [2.05, 4.69) is 0 Å². The first-order valence-electron chi connectivity index (χ1n) is 0. The van der Waals surface area contributed by atoms with Gasteiger partial charge in [-0.2, -0.15) is 0 Å². The zero-order valence-corrected chi connectivity index (χ0v) is 4.87. The first-order chi connectivity index (χ1) is 0. The molecule has 0 saturated carbocycles. The maximum atomic E-state index is 0. The molecule has 4 heavy (non-hydrogen) atoms. The van der Waals surface area contributed by atoms with Crippen LogP contribution in [0.25, 0.3) is 0 Å². The van der Waals surface area contributed by atoms with Gasteiger partial charge in [-0.3, -0.25) is 0 Å². The topological polar surface area (TPSA) is 66.5 Å². The minimum atomic E-state index is 0. The van der Waals surface area contributed by atoms with Crippen molar-refractivity contribution in [2.75, 3.05) is 0 Å². The molecule has 27 valence electrons. The van der Waals surface area contributed by atoms with Crippen molar-refractivity contribution in [3.8, 4) is 0 Å². The summed E-state index contributed by atoms with van der Waals surface area (Å²) in [5.41, 5.74) is 0. The van der Waals surface area contributed by atoms with Crippen molar-refractivity contribution in [1.29, 1.82) is 0 Å². The summed E-state index contributed by atoms with van der Waals surface area (Å²) in [6.07, 6.45) is 0. The van der Waals surface area contributed by atoms with E-state index in [0.717, 1.165) is 0 Å². The van der Waals surface area contributed by atoms with E-state index in [1.54, 1.807) is 0 Å². The van der Waals surface area contributed by atoms with Crippen LogP contribution in [0, 0.1) is 0 Å². The molecule has 0 fully saturated rings. The number of hydrogen-bond acceptors (Lipinski definition) is 1. The Morgan fingerprint density at radius 1 is 1.00 bits per heavy atom. The molecule has 0 saturated heterocycles. The summed E-state index contributed by atoms with van der Waals surface area (Å²) in [5.74, 6) is 0. The molecule has 0 amide bonds. The van der Waals surface area contributed by atoms with Crippen LogP contribution < -0.4 is 6.15 Å². The van der Waals surface area contributed by atoms with Crippen LogP contribution >= 0.6 is 0 Å². The predicted octanol–water partition coefficient (Wildman–Crippen LogP) is -1.85. The molecule has 0 atom stereocenters. The minimum Gasteiger partial charge on any atom is -0.412 e. The second kappa shape index (κ2) is 52.6. The second-order valence-electron chi connectivity index (χ2n) is 0. The number of hydrogen-bond donors (Lipinski definition) is 1. The quantitative estimate of drug-likeness (QED) is 0.487. The standard InChI is InChI=1S/BH3.H3N.H2O.Ta/h2*1H3;1H2;. The Morgan fingerprint density at radius 3 is 1.00 bits per heavy atom. The molecule has 0 aromatic heterocycles. The monoisotopic (exact) mass is 230 g/mol. The zero-order valence-electron chi connectivity index (χ0n) is 1.65. The van der Waals surface area contributed by atoms with Crippen molar-refractivity contribution in [3.63, 3.8) is 0 Å². The maximum Gasteiger partial charge on any atom is 0.0814 e. The molecule has 0 aromatic carbocycles. The van der Waals surface area contributed by atoms with Gasteiger partial charge in [0.25, 0.3) is 0 Å². The van der Waals surface area contributed by atoms with Gasteiger partial charge in [-0.25, -0.2) is 0 Å². The molecule has 5 N–H and O–H groups in total. The summed E-state index contributed by atoms with van der Waals surface area (Å²) in [7, 11) is 0. The van der Waals surface area contributed by atoms with E-state index < -0.39 is 0 Å². The van der Waals surface area contributed by atoms with E-state index in [4.69, 9.17) is 0 Å². The van der Waals surface area contributed by atoms with E-state index in [0.29, 0.717) is 0 Å². The molecule has 0 rings (SSSR count). The van der Waals surface area contributed by atoms with E-state index in [1.807, 2.05) is 0 Å². The van der Waals surface area contributed by atoms with E-state index in [-0.39, 0.29) is 42.4 Å². The van der Waals surface area contributed by atoms with Crippen LogP contribution in [0.2, 0.25) is 0 Å². The molecule has 4 heteroatoms. The summed E-state index contributed by atoms with van der Waals surface area (Å²) in [4.78, 5) is 0. The summed E-state index contributed by atoms with van der Waals surface area (Å²) < 4.78 is 0.